The Morgan fingerprint density at radius 3 is 2.48 bits per heavy atom. The Labute approximate surface area is 166 Å². The lowest BCUT2D eigenvalue weighted by atomic mass is 9.85. The van der Waals surface area contributed by atoms with E-state index in [0.29, 0.717) is 30.0 Å². The number of carbonyl (C=O) groups is 4. The lowest BCUT2D eigenvalue weighted by Crippen LogP contribution is -2.33. The zero-order valence-corrected chi connectivity index (χ0v) is 15.6. The van der Waals surface area contributed by atoms with Crippen LogP contribution in [-0.2, 0) is 23.9 Å². The number of hydrogen-bond donors (Lipinski definition) is 1. The number of rotatable bonds is 6. The number of anilines is 1. The molecule has 0 radical (unpaired) electrons. The molecule has 1 saturated heterocycles. The summed E-state index contributed by atoms with van der Waals surface area (Å²) >= 11 is 0. The summed E-state index contributed by atoms with van der Waals surface area (Å²) in [6, 6.07) is 4.92. The largest absolute Gasteiger partial charge is 0.456 e. The van der Waals surface area contributed by atoms with Crippen LogP contribution in [-0.4, -0.2) is 48.5 Å². The number of benzene rings is 1. The second-order valence-corrected chi connectivity index (χ2v) is 7.01. The number of nitrogens with zero attached hydrogens (tertiary/aromatic N) is 1. The maximum atomic E-state index is 12.3. The first-order valence-electron chi connectivity index (χ1n) is 9.38. The van der Waals surface area contributed by atoms with Crippen molar-refractivity contribution in [2.75, 3.05) is 25.3 Å². The summed E-state index contributed by atoms with van der Waals surface area (Å²) in [6.45, 7) is -0.373. The van der Waals surface area contributed by atoms with Crippen molar-refractivity contribution in [2.45, 2.75) is 19.3 Å². The van der Waals surface area contributed by atoms with Crippen LogP contribution >= 0.6 is 0 Å². The standard InChI is InChI=1S/C20H20N2O7/c23-17(21-12-5-6-15-16(9-12)29-11-28-15)10-27-18(24)7-8-22-19(25)13-3-1-2-4-14(13)20(22)26/h1-2,5-6,9,13-14H,3-4,7-8,10-11H2,(H,21,23)/t13-,14-/m1/s1. The van der Waals surface area contributed by atoms with Gasteiger partial charge in [-0.1, -0.05) is 12.2 Å². The molecule has 0 aromatic heterocycles. The van der Waals surface area contributed by atoms with Crippen molar-refractivity contribution in [1.82, 2.24) is 4.90 Å². The molecule has 2 atom stereocenters. The van der Waals surface area contributed by atoms with Gasteiger partial charge in [0, 0.05) is 18.3 Å². The summed E-state index contributed by atoms with van der Waals surface area (Å²) in [5, 5.41) is 2.59. The molecule has 3 aliphatic rings. The highest BCUT2D eigenvalue weighted by molar-refractivity contribution is 6.05. The zero-order chi connectivity index (χ0) is 20.4. The highest BCUT2D eigenvalue weighted by Gasteiger charge is 2.46. The second-order valence-electron chi connectivity index (χ2n) is 7.01. The molecule has 0 unspecified atom stereocenters. The van der Waals surface area contributed by atoms with Crippen molar-refractivity contribution in [3.63, 3.8) is 0 Å². The van der Waals surface area contributed by atoms with Gasteiger partial charge in [-0.15, -0.1) is 0 Å². The van der Waals surface area contributed by atoms with Crippen molar-refractivity contribution in [3.8, 4) is 11.5 Å². The van der Waals surface area contributed by atoms with Crippen LogP contribution in [0.1, 0.15) is 19.3 Å². The van der Waals surface area contributed by atoms with Gasteiger partial charge in [0.15, 0.2) is 18.1 Å². The summed E-state index contributed by atoms with van der Waals surface area (Å²) < 4.78 is 15.4. The third-order valence-corrected chi connectivity index (χ3v) is 5.16. The monoisotopic (exact) mass is 400 g/mol. The number of nitrogens with one attached hydrogen (secondary N) is 1. The normalized spacial score (nSPS) is 21.9. The van der Waals surface area contributed by atoms with Crippen LogP contribution < -0.4 is 14.8 Å². The summed E-state index contributed by atoms with van der Waals surface area (Å²) in [7, 11) is 0. The minimum Gasteiger partial charge on any atom is -0.456 e. The second kappa shape index (κ2) is 7.94. The summed E-state index contributed by atoms with van der Waals surface area (Å²) in [5.41, 5.74) is 0.486. The van der Waals surface area contributed by atoms with Gasteiger partial charge in [-0.2, -0.15) is 0 Å². The van der Waals surface area contributed by atoms with E-state index in [1.807, 2.05) is 12.2 Å². The predicted molar refractivity (Wildman–Crippen MR) is 98.8 cm³/mol. The van der Waals surface area contributed by atoms with E-state index in [4.69, 9.17) is 14.2 Å². The van der Waals surface area contributed by atoms with E-state index in [1.165, 1.54) is 0 Å². The van der Waals surface area contributed by atoms with Gasteiger partial charge < -0.3 is 19.5 Å². The van der Waals surface area contributed by atoms with E-state index in [9.17, 15) is 19.2 Å². The molecule has 1 N–H and O–H groups in total. The molecule has 0 saturated carbocycles. The van der Waals surface area contributed by atoms with E-state index >= 15 is 0 Å². The van der Waals surface area contributed by atoms with Gasteiger partial charge in [-0.05, 0) is 25.0 Å². The molecule has 1 aromatic rings. The molecule has 2 aliphatic heterocycles. The molecule has 3 amide bonds. The van der Waals surface area contributed by atoms with Gasteiger partial charge in [0.25, 0.3) is 5.91 Å². The third-order valence-electron chi connectivity index (χ3n) is 5.16. The first-order valence-corrected chi connectivity index (χ1v) is 9.38. The Hall–Kier alpha value is -3.36. The molecule has 1 aliphatic carbocycles. The first-order chi connectivity index (χ1) is 14.0. The highest BCUT2D eigenvalue weighted by atomic mass is 16.7. The smallest absolute Gasteiger partial charge is 0.308 e. The minimum absolute atomic E-state index is 0.0344. The third kappa shape index (κ3) is 3.94. The fraction of sp³-hybridized carbons (Fsp3) is 0.400. The molecule has 0 spiro atoms. The molecule has 1 fully saturated rings. The summed E-state index contributed by atoms with van der Waals surface area (Å²) in [6.07, 6.45) is 4.76. The number of amides is 3. The predicted octanol–water partition coefficient (Wildman–Crippen LogP) is 1.24. The van der Waals surface area contributed by atoms with E-state index in [2.05, 4.69) is 5.32 Å². The van der Waals surface area contributed by atoms with Gasteiger partial charge in [-0.25, -0.2) is 0 Å². The average molecular weight is 400 g/mol. The van der Waals surface area contributed by atoms with Crippen LogP contribution in [0.15, 0.2) is 30.4 Å². The lowest BCUT2D eigenvalue weighted by Gasteiger charge is -2.14. The molecule has 2 heterocycles. The Kier molecular flexibility index (Phi) is 5.20. The van der Waals surface area contributed by atoms with Crippen molar-refractivity contribution in [3.05, 3.63) is 30.4 Å². The molecular formula is C20H20N2O7. The fourth-order valence-corrected chi connectivity index (χ4v) is 3.68. The maximum absolute atomic E-state index is 12.3. The number of imide groups is 1. The fourth-order valence-electron chi connectivity index (χ4n) is 3.68. The maximum Gasteiger partial charge on any atom is 0.308 e. The molecule has 4 rings (SSSR count). The number of ether oxygens (including phenoxy) is 3. The molecule has 9 nitrogen and oxygen atoms in total. The molecule has 9 heteroatoms. The molecular weight excluding hydrogens is 380 g/mol. The topological polar surface area (TPSA) is 111 Å². The van der Waals surface area contributed by atoms with Gasteiger partial charge >= 0.3 is 5.97 Å². The Bertz CT molecular complexity index is 869. The van der Waals surface area contributed by atoms with Gasteiger partial charge in [0.2, 0.25) is 18.6 Å². The van der Waals surface area contributed by atoms with Crippen molar-refractivity contribution in [2.24, 2.45) is 11.8 Å². The number of esters is 1. The van der Waals surface area contributed by atoms with Crippen LogP contribution in [0.25, 0.3) is 0 Å². The van der Waals surface area contributed by atoms with Gasteiger partial charge in [0.1, 0.15) is 0 Å². The number of likely N-dealkylation sites (tertiary alicyclic amines) is 1. The van der Waals surface area contributed by atoms with E-state index < -0.39 is 18.5 Å². The zero-order valence-electron chi connectivity index (χ0n) is 15.6. The Morgan fingerprint density at radius 1 is 1.07 bits per heavy atom. The SMILES string of the molecule is O=C(COC(=O)CCN1C(=O)[C@@H]2CC=CC[C@H]2C1=O)Nc1ccc2c(c1)OCO2. The number of carbonyl (C=O) groups excluding carboxylic acids is 4. The highest BCUT2D eigenvalue weighted by Crippen LogP contribution is 2.35. The van der Waals surface area contributed by atoms with Crippen molar-refractivity contribution in [1.29, 1.82) is 0 Å². The molecule has 1 aromatic carbocycles. The van der Waals surface area contributed by atoms with Crippen LogP contribution in [0.4, 0.5) is 5.69 Å². The van der Waals surface area contributed by atoms with E-state index in [0.717, 1.165) is 4.90 Å². The van der Waals surface area contributed by atoms with Crippen molar-refractivity contribution >= 4 is 29.4 Å². The van der Waals surface area contributed by atoms with Gasteiger partial charge in [-0.3, -0.25) is 24.1 Å². The van der Waals surface area contributed by atoms with Gasteiger partial charge in [0.05, 0.1) is 18.3 Å². The van der Waals surface area contributed by atoms with Crippen LogP contribution in [0.5, 0.6) is 11.5 Å². The molecule has 0 bridgehead atoms. The quantitative estimate of drug-likeness (QED) is 0.434. The Balaban J connectivity index is 1.21. The Morgan fingerprint density at radius 2 is 1.76 bits per heavy atom. The first kappa shape index (κ1) is 19.0. The summed E-state index contributed by atoms with van der Waals surface area (Å²) in [5.74, 6) is -1.17. The number of hydrogen-bond acceptors (Lipinski definition) is 7. The van der Waals surface area contributed by atoms with Crippen LogP contribution in [0, 0.1) is 11.8 Å². The average Bonchev–Trinajstić information content (AvgIpc) is 3.28. The van der Waals surface area contributed by atoms with Crippen LogP contribution in [0.3, 0.4) is 0 Å². The lowest BCUT2D eigenvalue weighted by molar-refractivity contribution is -0.148. The number of allylic oxidation sites excluding steroid dienone is 2. The molecule has 152 valence electrons. The van der Waals surface area contributed by atoms with E-state index in [-0.39, 0.29) is 43.4 Å². The molecule has 29 heavy (non-hydrogen) atoms. The van der Waals surface area contributed by atoms with Crippen LogP contribution in [0.2, 0.25) is 0 Å². The summed E-state index contributed by atoms with van der Waals surface area (Å²) in [4.78, 5) is 49.7. The van der Waals surface area contributed by atoms with Crippen molar-refractivity contribution < 1.29 is 33.4 Å². The minimum atomic E-state index is -0.653. The van der Waals surface area contributed by atoms with E-state index in [1.54, 1.807) is 18.2 Å². The number of fused-ring (bicyclic) bond motifs is 2.